The van der Waals surface area contributed by atoms with Crippen molar-refractivity contribution < 1.29 is 4.79 Å². The van der Waals surface area contributed by atoms with Crippen LogP contribution in [0.4, 0.5) is 22.0 Å². The number of benzene rings is 3. The number of aromatic nitrogens is 2. The average Bonchev–Trinajstić information content (AvgIpc) is 3.20. The van der Waals surface area contributed by atoms with Gasteiger partial charge in [0.2, 0.25) is 0 Å². The summed E-state index contributed by atoms with van der Waals surface area (Å²) in [6.45, 7) is 7.25. The fourth-order valence-corrected chi connectivity index (χ4v) is 3.76. The lowest BCUT2D eigenvalue weighted by molar-refractivity contribution is 0.262. The van der Waals surface area contributed by atoms with Crippen LogP contribution >= 0.6 is 0 Å². The molecule has 0 saturated carbocycles. The molecule has 4 aromatic rings. The lowest BCUT2D eigenvalue weighted by atomic mass is 10.0. The van der Waals surface area contributed by atoms with Gasteiger partial charge in [-0.1, -0.05) is 50.2 Å². The van der Waals surface area contributed by atoms with Crippen LogP contribution in [0.25, 0.3) is 22.0 Å². The Kier molecular flexibility index (Phi) is 6.37. The van der Waals surface area contributed by atoms with Crippen LogP contribution in [0.1, 0.15) is 19.4 Å². The van der Waals surface area contributed by atoms with Gasteiger partial charge in [0.15, 0.2) is 5.82 Å². The summed E-state index contributed by atoms with van der Waals surface area (Å²) in [4.78, 5) is 14.8. The van der Waals surface area contributed by atoms with E-state index in [1.807, 2.05) is 66.7 Å². The van der Waals surface area contributed by atoms with Crippen LogP contribution in [-0.2, 0) is 6.54 Å². The van der Waals surface area contributed by atoms with Gasteiger partial charge in [0.1, 0.15) is 0 Å². The number of fused-ring (bicyclic) bond motifs is 1. The minimum Gasteiger partial charge on any atom is -0.382 e. The number of nitrogen functional groups attached to an aromatic ring is 1. The number of anilines is 3. The molecule has 32 heavy (non-hydrogen) atoms. The molecular formula is C25H28N6O. The van der Waals surface area contributed by atoms with Gasteiger partial charge in [-0.3, -0.25) is 10.00 Å². The molecule has 164 valence electrons. The van der Waals surface area contributed by atoms with E-state index in [2.05, 4.69) is 39.6 Å². The van der Waals surface area contributed by atoms with Gasteiger partial charge < -0.3 is 16.4 Å². The first-order valence-corrected chi connectivity index (χ1v) is 10.8. The smallest absolute Gasteiger partial charge is 0.323 e. The maximum absolute atomic E-state index is 12.4. The first kappa shape index (κ1) is 21.4. The Morgan fingerprint density at radius 1 is 0.938 bits per heavy atom. The number of nitrogens with two attached hydrogens (primary N) is 1. The molecule has 0 aliphatic heterocycles. The SMILES string of the molecule is CCN(CC)Cc1ccc(NC(=O)Nc2ccc(-c3cccc4[nH]nc(N)c34)cc2)cc1. The van der Waals surface area contributed by atoms with Gasteiger partial charge in [-0.05, 0) is 60.1 Å². The quantitative estimate of drug-likeness (QED) is 0.321. The first-order valence-electron chi connectivity index (χ1n) is 10.8. The Balaban J connectivity index is 1.39. The summed E-state index contributed by atoms with van der Waals surface area (Å²) in [5, 5.41) is 13.7. The lowest BCUT2D eigenvalue weighted by Crippen LogP contribution is -2.22. The predicted octanol–water partition coefficient (Wildman–Crippen LogP) is 5.30. The maximum atomic E-state index is 12.4. The Morgan fingerprint density at radius 2 is 1.56 bits per heavy atom. The van der Waals surface area contributed by atoms with Crippen molar-refractivity contribution in [2.24, 2.45) is 0 Å². The number of nitrogens with zero attached hydrogens (tertiary/aromatic N) is 2. The highest BCUT2D eigenvalue weighted by atomic mass is 16.2. The normalized spacial score (nSPS) is 11.1. The molecule has 0 bridgehead atoms. The molecule has 0 aliphatic carbocycles. The average molecular weight is 429 g/mol. The molecule has 0 fully saturated rings. The molecule has 0 unspecified atom stereocenters. The van der Waals surface area contributed by atoms with Crippen LogP contribution < -0.4 is 16.4 Å². The number of rotatable bonds is 7. The molecule has 2 amide bonds. The van der Waals surface area contributed by atoms with Gasteiger partial charge in [-0.2, -0.15) is 5.10 Å². The van der Waals surface area contributed by atoms with Crippen LogP contribution in [0.5, 0.6) is 0 Å². The summed E-state index contributed by atoms with van der Waals surface area (Å²) < 4.78 is 0. The summed E-state index contributed by atoms with van der Waals surface area (Å²) in [5.74, 6) is 0.472. The van der Waals surface area contributed by atoms with E-state index in [1.165, 1.54) is 5.56 Å². The van der Waals surface area contributed by atoms with E-state index in [9.17, 15) is 4.79 Å². The number of aromatic amines is 1. The second kappa shape index (κ2) is 9.53. The Bertz CT molecular complexity index is 1190. The summed E-state index contributed by atoms with van der Waals surface area (Å²) in [6, 6.07) is 21.2. The molecule has 0 spiro atoms. The molecule has 0 atom stereocenters. The number of hydrogen-bond donors (Lipinski definition) is 4. The van der Waals surface area contributed by atoms with Gasteiger partial charge in [0.05, 0.1) is 10.9 Å². The van der Waals surface area contributed by atoms with Gasteiger partial charge in [-0.25, -0.2) is 4.79 Å². The van der Waals surface area contributed by atoms with Gasteiger partial charge >= 0.3 is 6.03 Å². The number of carbonyl (C=O) groups excluding carboxylic acids is 1. The van der Waals surface area contributed by atoms with Crippen molar-refractivity contribution in [3.63, 3.8) is 0 Å². The minimum absolute atomic E-state index is 0.282. The fraction of sp³-hybridized carbons (Fsp3) is 0.200. The van der Waals surface area contributed by atoms with Crippen molar-refractivity contribution in [2.75, 3.05) is 29.5 Å². The van der Waals surface area contributed by atoms with E-state index < -0.39 is 0 Å². The summed E-state index contributed by atoms with van der Waals surface area (Å²) in [5.41, 5.74) is 11.6. The standard InChI is InChI=1S/C25H28N6O/c1-3-31(4-2)16-17-8-12-19(13-9-17)27-25(32)28-20-14-10-18(11-15-20)21-6-5-7-22-23(21)24(26)30-29-22/h5-15H,3-4,16H2,1-2H3,(H3,26,29,30)(H2,27,28,32). The van der Waals surface area contributed by atoms with Crippen molar-refractivity contribution in [3.8, 4) is 11.1 Å². The first-order chi connectivity index (χ1) is 15.6. The molecule has 7 heteroatoms. The zero-order valence-corrected chi connectivity index (χ0v) is 18.4. The fourth-order valence-electron chi connectivity index (χ4n) is 3.76. The number of urea groups is 1. The zero-order chi connectivity index (χ0) is 22.5. The number of nitrogens with one attached hydrogen (secondary N) is 3. The lowest BCUT2D eigenvalue weighted by Gasteiger charge is -2.18. The Hall–Kier alpha value is -3.84. The molecule has 0 saturated heterocycles. The maximum Gasteiger partial charge on any atom is 0.323 e. The molecule has 0 radical (unpaired) electrons. The molecule has 3 aromatic carbocycles. The molecule has 4 rings (SSSR count). The number of H-pyrrole nitrogens is 1. The van der Waals surface area contributed by atoms with E-state index >= 15 is 0 Å². The molecule has 0 aliphatic rings. The summed E-state index contributed by atoms with van der Waals surface area (Å²) in [6.07, 6.45) is 0. The van der Waals surface area contributed by atoms with E-state index in [0.717, 1.165) is 47.4 Å². The molecule has 1 aromatic heterocycles. The van der Waals surface area contributed by atoms with Crippen LogP contribution in [0.2, 0.25) is 0 Å². The third-order valence-corrected chi connectivity index (χ3v) is 5.58. The molecule has 5 N–H and O–H groups in total. The minimum atomic E-state index is -0.282. The van der Waals surface area contributed by atoms with Crippen LogP contribution in [0.15, 0.2) is 66.7 Å². The van der Waals surface area contributed by atoms with Crippen molar-refractivity contribution in [1.82, 2.24) is 15.1 Å². The Morgan fingerprint density at radius 3 is 2.19 bits per heavy atom. The van der Waals surface area contributed by atoms with Crippen LogP contribution in [0.3, 0.4) is 0 Å². The molecule has 1 heterocycles. The van der Waals surface area contributed by atoms with Crippen molar-refractivity contribution in [3.05, 3.63) is 72.3 Å². The van der Waals surface area contributed by atoms with Crippen molar-refractivity contribution >= 4 is 34.1 Å². The highest BCUT2D eigenvalue weighted by Gasteiger charge is 2.10. The summed E-state index contributed by atoms with van der Waals surface area (Å²) in [7, 11) is 0. The van der Waals surface area contributed by atoms with E-state index in [0.29, 0.717) is 11.5 Å². The third kappa shape index (κ3) is 4.73. The summed E-state index contributed by atoms with van der Waals surface area (Å²) >= 11 is 0. The monoisotopic (exact) mass is 428 g/mol. The second-order valence-electron chi connectivity index (χ2n) is 7.65. The third-order valence-electron chi connectivity index (χ3n) is 5.58. The van der Waals surface area contributed by atoms with Crippen molar-refractivity contribution in [2.45, 2.75) is 20.4 Å². The second-order valence-corrected chi connectivity index (χ2v) is 7.65. The van der Waals surface area contributed by atoms with Crippen LogP contribution in [0, 0.1) is 0 Å². The number of amides is 2. The molecular weight excluding hydrogens is 400 g/mol. The predicted molar refractivity (Wildman–Crippen MR) is 132 cm³/mol. The Labute approximate surface area is 187 Å². The zero-order valence-electron chi connectivity index (χ0n) is 18.4. The van der Waals surface area contributed by atoms with Gasteiger partial charge in [0, 0.05) is 17.9 Å². The largest absolute Gasteiger partial charge is 0.382 e. The highest BCUT2D eigenvalue weighted by Crippen LogP contribution is 2.31. The number of carbonyl (C=O) groups is 1. The van der Waals surface area contributed by atoms with Gasteiger partial charge in [0.25, 0.3) is 0 Å². The van der Waals surface area contributed by atoms with E-state index in [1.54, 1.807) is 0 Å². The topological polar surface area (TPSA) is 99.1 Å². The number of hydrogen-bond acceptors (Lipinski definition) is 4. The van der Waals surface area contributed by atoms with Gasteiger partial charge in [-0.15, -0.1) is 0 Å². The highest BCUT2D eigenvalue weighted by molar-refractivity contribution is 6.02. The molecule has 7 nitrogen and oxygen atoms in total. The van der Waals surface area contributed by atoms with Crippen LogP contribution in [-0.4, -0.2) is 34.2 Å². The van der Waals surface area contributed by atoms with E-state index in [4.69, 9.17) is 5.73 Å². The van der Waals surface area contributed by atoms with Crippen molar-refractivity contribution in [1.29, 1.82) is 0 Å². The van der Waals surface area contributed by atoms with E-state index in [-0.39, 0.29) is 6.03 Å².